The van der Waals surface area contributed by atoms with E-state index >= 15 is 9.79 Å². The summed E-state index contributed by atoms with van der Waals surface area (Å²) < 4.78 is 151. The van der Waals surface area contributed by atoms with Crippen LogP contribution in [-0.4, -0.2) is 239 Å². The number of ether oxygens (including phenoxy) is 7. The van der Waals surface area contributed by atoms with Crippen molar-refractivity contribution in [3.8, 4) is 0 Å². The van der Waals surface area contributed by atoms with E-state index in [2.05, 4.69) is 74.8 Å². The molecule has 0 spiro atoms. The molecule has 18 heterocycles. The van der Waals surface area contributed by atoms with Crippen molar-refractivity contribution in [1.29, 1.82) is 0 Å². The number of hydrogen-bond donors (Lipinski definition) is 7. The van der Waals surface area contributed by atoms with E-state index in [0.717, 1.165) is 35.2 Å². The van der Waals surface area contributed by atoms with Crippen LogP contribution in [-0.2, 0) is 184 Å². The van der Waals surface area contributed by atoms with Gasteiger partial charge in [-0.2, -0.15) is 4.98 Å². The Balaban J connectivity index is 0.561. The fourth-order valence-electron chi connectivity index (χ4n) is 17.2. The van der Waals surface area contributed by atoms with Crippen LogP contribution in [0.3, 0.4) is 0 Å². The number of fused-ring (bicyclic) bond motifs is 4. The van der Waals surface area contributed by atoms with Gasteiger partial charge in [0.1, 0.15) is 174 Å². The Kier molecular flexibility index (Phi) is 32.6. The van der Waals surface area contributed by atoms with Crippen LogP contribution in [0.25, 0.3) is 44.7 Å². The minimum Gasteiger partial charge on any atom is -0.780 e. The Hall–Kier alpha value is -7.16. The topological polar surface area (TPSA) is 798 Å². The first-order valence-electron chi connectivity index (χ1n) is 43.8. The summed E-state index contributed by atoms with van der Waals surface area (Å²) in [5.74, 6) is -0.162. The molecule has 7 unspecified atom stereocenters. The van der Waals surface area contributed by atoms with Gasteiger partial charge in [-0.15, -0.1) is 0 Å². The lowest BCUT2D eigenvalue weighted by Gasteiger charge is -2.36. The van der Waals surface area contributed by atoms with Gasteiger partial charge in [0, 0.05) is 87.3 Å². The van der Waals surface area contributed by atoms with Crippen molar-refractivity contribution in [3.63, 3.8) is 0 Å². The summed E-state index contributed by atoms with van der Waals surface area (Å²) in [6.07, 6.45) is -14.7. The van der Waals surface area contributed by atoms with E-state index in [0.29, 0.717) is 12.0 Å². The predicted octanol–water partition coefficient (Wildman–Crippen LogP) is -1.43. The number of imidazole rings is 4. The maximum absolute atomic E-state index is 15.1. The normalized spacial score (nSPS) is 29.5. The molecule has 792 valence electrons. The lowest BCUT2D eigenvalue weighted by Crippen LogP contribution is -2.34. The summed E-state index contributed by atoms with van der Waals surface area (Å²) in [6, 6.07) is 0. The summed E-state index contributed by atoms with van der Waals surface area (Å²) in [5, 5.41) is 0. The van der Waals surface area contributed by atoms with Crippen molar-refractivity contribution in [2.75, 3.05) is 75.4 Å². The lowest BCUT2D eigenvalue weighted by molar-refractivity contribution is -0.221. The smallest absolute Gasteiger partial charge is 0.351 e. The molecule has 146 heavy (non-hydrogen) atoms. The van der Waals surface area contributed by atoms with Gasteiger partial charge in [0.05, 0.1) is 114 Å². The van der Waals surface area contributed by atoms with Gasteiger partial charge in [0.2, 0.25) is 0 Å². The molecule has 7 fully saturated rings. The number of nitrogen functional groups attached to an aromatic ring is 5. The van der Waals surface area contributed by atoms with E-state index in [4.69, 9.17) is 208 Å². The van der Waals surface area contributed by atoms with Crippen LogP contribution in [0.15, 0.2) is 93.2 Å². The third-order valence-electron chi connectivity index (χ3n) is 24.3. The second-order valence-electron chi connectivity index (χ2n) is 33.8. The molecule has 74 heteroatoms. The number of anilines is 5. The molecule has 11 aromatic heterocycles. The van der Waals surface area contributed by atoms with Gasteiger partial charge in [0.15, 0.2) is 52.7 Å². The van der Waals surface area contributed by atoms with Crippen LogP contribution in [0.5, 0.6) is 0 Å². The van der Waals surface area contributed by atoms with E-state index in [9.17, 15) is 48.1 Å². The molecule has 0 aliphatic carbocycles. The highest BCUT2D eigenvalue weighted by atomic mass is 32.7. The van der Waals surface area contributed by atoms with Crippen molar-refractivity contribution in [3.05, 3.63) is 138 Å². The Labute approximate surface area is 857 Å². The number of aromatic nitrogens is 22. The second kappa shape index (κ2) is 43.8. The molecule has 0 saturated carbocycles. The molecule has 18 rings (SSSR count). The van der Waals surface area contributed by atoms with Gasteiger partial charge < -0.3 is 167 Å². The first-order chi connectivity index (χ1) is 69.1. The van der Waals surface area contributed by atoms with Crippen LogP contribution in [0.1, 0.15) is 119 Å². The standard InChI is InChI=1S/C72H94N27O33P7S7/c1-6-34-35(7-48(119-34)94-15-32(3)68(100)91-71(94)103)127-134(106,141)113-19-44-38(10-51(122-44)96-27-86-55-60(74)78-23-82-64(55)96)131-138(110,145)117-22-47-40(12-53(125-47)98-29-88-57-62(76)80-25-84-66(57)98)130-137(109,144)115-18-43-37(9-49(121-43)93-14-31(2)59(73)90-70(93)102)128-135(107,142)116-20-45-41(13-54(123-45)99-30-89-58-63(77)81-26-85-67(58)99)132-139(111,146)118-21-46-39(11-52(124-46)97-28-87-56-61(75)79-24-83-65(56)97)129-136(108,143)114-17-42-36(126-133(105,140)112-5)8-50(120-42)95-16-33(4)69(101)92-72(95)104/h14-16,23-30,34-54H,6-13,17-22H2,1-5H3,(H,105,140)(H,106,141)(H,107,142)(H,108,143)(H,109,144)(H,110,145)(H,111,146)(H2,73,90,102)(H2,74,78,82)(H2,75,79,83)(H2,76,80,84)(H2,77,81,85)(H,91,100,103)(H,92,101,104)/p-7/t34-,35-,36-,37-,38-,39-,40-,41-,42-,43-,44-,45-,46-,47-,48-,49-,50-,51-,52-,53-,54-,133?,134?,135?,136?,137?,138?,139?/m1/s1. The summed E-state index contributed by atoms with van der Waals surface area (Å²) >= 11 is 38.4. The summed E-state index contributed by atoms with van der Waals surface area (Å²) in [6.45, 7) is -31.8. The van der Waals surface area contributed by atoms with Gasteiger partial charge in [0.25, 0.3) is 11.1 Å². The van der Waals surface area contributed by atoms with Crippen molar-refractivity contribution in [2.45, 2.75) is 208 Å². The number of nitrogens with zero attached hydrogens (tertiary/aromatic N) is 20. The third kappa shape index (κ3) is 24.5. The average Bonchev–Trinajstić information content (AvgIpc) is 1.64. The van der Waals surface area contributed by atoms with Crippen molar-refractivity contribution >= 4 is 204 Å². The van der Waals surface area contributed by atoms with E-state index < -0.39 is 250 Å². The van der Waals surface area contributed by atoms with E-state index in [1.54, 1.807) is 13.8 Å². The van der Waals surface area contributed by atoms with Gasteiger partial charge >= 0.3 is 17.1 Å². The fourth-order valence-corrected chi connectivity index (χ4v) is 26.9. The lowest BCUT2D eigenvalue weighted by atomic mass is 10.1. The van der Waals surface area contributed by atoms with Crippen molar-refractivity contribution in [2.24, 2.45) is 0 Å². The van der Waals surface area contributed by atoms with Gasteiger partial charge in [-0.1, -0.05) is 77.8 Å². The van der Waals surface area contributed by atoms with Crippen LogP contribution < -0.4 is 86.2 Å². The molecule has 7 aliphatic heterocycles. The second-order valence-corrected chi connectivity index (χ2v) is 52.9. The Morgan fingerprint density at radius 3 is 0.890 bits per heavy atom. The quantitative estimate of drug-likeness (QED) is 0.0171. The van der Waals surface area contributed by atoms with E-state index in [1.165, 1.54) is 86.9 Å². The molecular weight excluding hydrogens is 2210 g/mol. The highest BCUT2D eigenvalue weighted by Gasteiger charge is 2.50. The zero-order valence-electron chi connectivity index (χ0n) is 76.2. The zero-order valence-corrected chi connectivity index (χ0v) is 88.1. The van der Waals surface area contributed by atoms with Crippen LogP contribution in [0.4, 0.5) is 29.1 Å². The predicted molar refractivity (Wildman–Crippen MR) is 516 cm³/mol. The van der Waals surface area contributed by atoms with E-state index in [1.807, 2.05) is 0 Å². The summed E-state index contributed by atoms with van der Waals surface area (Å²) in [4.78, 5) is 210. The minimum absolute atomic E-state index is 0.00504. The maximum atomic E-state index is 15.1. The summed E-state index contributed by atoms with van der Waals surface area (Å²) in [7, 11) is 1.04. The van der Waals surface area contributed by atoms with Crippen LogP contribution in [0, 0.1) is 20.8 Å². The number of hydrogen-bond acceptors (Lipinski definition) is 58. The molecule has 0 bridgehead atoms. The molecule has 7 aliphatic rings. The molecule has 0 radical (unpaired) electrons. The number of aromatic amines is 2. The molecular formula is C72H87N27O33P7S7-7. The van der Waals surface area contributed by atoms with E-state index in [-0.39, 0.29) is 123 Å². The highest BCUT2D eigenvalue weighted by molar-refractivity contribution is 8.32. The molecule has 28 atom stereocenters. The Morgan fingerprint density at radius 1 is 0.356 bits per heavy atom. The molecule has 0 aromatic carbocycles. The Bertz CT molecular complexity index is 7470. The van der Waals surface area contributed by atoms with Crippen molar-refractivity contribution < 1.29 is 130 Å². The third-order valence-corrected chi connectivity index (χ3v) is 35.4. The highest BCUT2D eigenvalue weighted by Crippen LogP contribution is 2.57. The summed E-state index contributed by atoms with van der Waals surface area (Å²) in [5.41, 5.74) is 28.8. The molecule has 0 amide bonds. The first-order valence-corrected chi connectivity index (χ1v) is 61.7. The SMILES string of the molecule is CC[C@H]1O[C@@H](n2cc(C)c(=O)[nH]c2=O)C[C@H]1OP([O-])(=S)OC[C@H]1O[C@@H](n2cnc3c(N)ncnc32)C[C@H]1OP(=O)([S-])OC[C@H]1O[C@@H](n2cnc3c(N)ncnc32)C[C@H]1OP([O-])(=S)OC[C@H]1O[C@@H](n2cc(C)c(N)nc2=O)C[C@H]1OP([O-])(=S)OC[C@H]1O[C@@H](n2cnc3c(N)ncnc32)C[C@H]1OP([O-])(=S)OC[C@H]1O[C@@H](n2cnc3c(N)ncnc32)C[C@H]1OP([O-])(=S)OC[C@H]1O[C@@H](n2cc(C)c(=O)[nH]c2=O)C[C@H]1OP([O-])(=S)OC. The maximum Gasteiger partial charge on any atom is 0.351 e. The van der Waals surface area contributed by atoms with Crippen molar-refractivity contribution in [1.82, 2.24) is 107 Å². The first kappa shape index (κ1) is 109. The number of rotatable bonds is 41. The minimum atomic E-state index is -5.00. The molecule has 11 aromatic rings. The van der Waals surface area contributed by atoms with Crippen LogP contribution >= 0.6 is 47.1 Å². The largest absolute Gasteiger partial charge is 0.780 e. The average molecular weight is 2300 g/mol. The van der Waals surface area contributed by atoms with Crippen LogP contribution in [0.2, 0.25) is 0 Å². The Morgan fingerprint density at radius 2 is 0.603 bits per heavy atom. The number of H-pyrrole nitrogens is 2. The van der Waals surface area contributed by atoms with Gasteiger partial charge in [-0.25, -0.2) is 74.2 Å². The zero-order chi connectivity index (χ0) is 104. The number of nitrogens with one attached hydrogen (secondary N) is 2. The van der Waals surface area contributed by atoms with Gasteiger partial charge in [-0.3, -0.25) is 56.1 Å². The van der Waals surface area contributed by atoms with Gasteiger partial charge in [-0.05, 0) is 27.2 Å². The molecule has 60 nitrogen and oxygen atoms in total. The fraction of sp³-hybridized carbons (Fsp3) is 0.556. The number of nitrogens with two attached hydrogens (primary N) is 5. The number of aryl methyl sites for hydroxylation is 3. The molecule has 7 saturated heterocycles. The monoisotopic (exact) mass is 2300 g/mol. The molecule has 12 N–H and O–H groups in total.